The van der Waals surface area contributed by atoms with Crippen molar-refractivity contribution in [2.75, 3.05) is 0 Å². The lowest BCUT2D eigenvalue weighted by Crippen LogP contribution is -2.47. The predicted octanol–water partition coefficient (Wildman–Crippen LogP) is 3.33. The summed E-state index contributed by atoms with van der Waals surface area (Å²) in [5, 5.41) is 3.58. The number of hydrogen-bond acceptors (Lipinski definition) is 2. The van der Waals surface area contributed by atoms with Crippen molar-refractivity contribution in [2.45, 2.75) is 58.3 Å². The van der Waals surface area contributed by atoms with Gasteiger partial charge in [0.2, 0.25) is 5.91 Å². The molecule has 0 aromatic heterocycles. The van der Waals surface area contributed by atoms with Crippen molar-refractivity contribution in [1.82, 2.24) is 10.2 Å². The Labute approximate surface area is 127 Å². The first-order valence-electron chi connectivity index (χ1n) is 8.19. The molecule has 1 saturated carbocycles. The molecule has 2 aliphatic rings. The van der Waals surface area contributed by atoms with Crippen molar-refractivity contribution >= 4 is 5.91 Å². The summed E-state index contributed by atoms with van der Waals surface area (Å²) in [7, 11) is 0. The summed E-state index contributed by atoms with van der Waals surface area (Å²) in [6.07, 6.45) is 3.26. The molecule has 3 heteroatoms. The van der Waals surface area contributed by atoms with Crippen LogP contribution in [0.4, 0.5) is 0 Å². The number of amides is 1. The maximum absolute atomic E-state index is 12.8. The minimum absolute atomic E-state index is 0.0221. The lowest BCUT2D eigenvalue weighted by Gasteiger charge is -2.42. The summed E-state index contributed by atoms with van der Waals surface area (Å²) in [6.45, 7) is 6.63. The van der Waals surface area contributed by atoms with Crippen LogP contribution in [0.2, 0.25) is 0 Å². The Morgan fingerprint density at radius 3 is 2.48 bits per heavy atom. The summed E-state index contributed by atoms with van der Waals surface area (Å²) < 4.78 is 0. The highest BCUT2D eigenvalue weighted by Crippen LogP contribution is 2.39. The minimum atomic E-state index is -0.0221. The third kappa shape index (κ3) is 2.84. The highest BCUT2D eigenvalue weighted by atomic mass is 16.2. The van der Waals surface area contributed by atoms with Crippen molar-refractivity contribution in [3.05, 3.63) is 35.9 Å². The number of carbonyl (C=O) groups is 1. The monoisotopic (exact) mass is 286 g/mol. The molecule has 1 N–H and O–H groups in total. The Hall–Kier alpha value is -1.35. The average molecular weight is 286 g/mol. The first-order chi connectivity index (χ1) is 10.1. The molecule has 2 atom stereocenters. The van der Waals surface area contributed by atoms with Gasteiger partial charge in [0.1, 0.15) is 6.17 Å². The summed E-state index contributed by atoms with van der Waals surface area (Å²) in [4.78, 5) is 15.0. The fourth-order valence-electron chi connectivity index (χ4n) is 3.66. The molecule has 2 unspecified atom stereocenters. The number of benzene rings is 1. The molecule has 1 aliphatic carbocycles. The average Bonchev–Trinajstić information content (AvgIpc) is 2.73. The molecule has 1 aromatic carbocycles. The minimum Gasteiger partial charge on any atom is -0.319 e. The van der Waals surface area contributed by atoms with Crippen LogP contribution in [-0.4, -0.2) is 22.9 Å². The van der Waals surface area contributed by atoms with E-state index in [1.165, 1.54) is 5.56 Å². The zero-order valence-electron chi connectivity index (χ0n) is 13.3. The second kappa shape index (κ2) is 5.80. The SMILES string of the molecule is CC(C)CC1NC(c2ccccc2)N(C2CC(C)C2)C1=O. The largest absolute Gasteiger partial charge is 0.319 e. The molecule has 0 bridgehead atoms. The Morgan fingerprint density at radius 2 is 1.90 bits per heavy atom. The molecule has 1 heterocycles. The van der Waals surface area contributed by atoms with E-state index < -0.39 is 0 Å². The molecular weight excluding hydrogens is 260 g/mol. The van der Waals surface area contributed by atoms with Crippen molar-refractivity contribution in [3.8, 4) is 0 Å². The van der Waals surface area contributed by atoms with Crippen LogP contribution in [0.3, 0.4) is 0 Å². The van der Waals surface area contributed by atoms with Gasteiger partial charge in [-0.3, -0.25) is 10.1 Å². The van der Waals surface area contributed by atoms with Gasteiger partial charge in [-0.25, -0.2) is 0 Å². The number of carbonyl (C=O) groups excluding carboxylic acids is 1. The number of hydrogen-bond donors (Lipinski definition) is 1. The number of rotatable bonds is 4. The van der Waals surface area contributed by atoms with E-state index >= 15 is 0 Å². The van der Waals surface area contributed by atoms with Gasteiger partial charge >= 0.3 is 0 Å². The number of nitrogens with zero attached hydrogens (tertiary/aromatic N) is 1. The highest BCUT2D eigenvalue weighted by molar-refractivity contribution is 5.85. The quantitative estimate of drug-likeness (QED) is 0.921. The molecule has 1 aliphatic heterocycles. The van der Waals surface area contributed by atoms with Gasteiger partial charge in [0, 0.05) is 6.04 Å². The van der Waals surface area contributed by atoms with Gasteiger partial charge in [0.05, 0.1) is 6.04 Å². The van der Waals surface area contributed by atoms with Gasteiger partial charge in [0.15, 0.2) is 0 Å². The van der Waals surface area contributed by atoms with Crippen LogP contribution in [0.15, 0.2) is 30.3 Å². The predicted molar refractivity (Wildman–Crippen MR) is 84.6 cm³/mol. The van der Waals surface area contributed by atoms with Gasteiger partial charge in [-0.1, -0.05) is 51.1 Å². The molecule has 0 spiro atoms. The van der Waals surface area contributed by atoms with E-state index in [0.717, 1.165) is 25.2 Å². The van der Waals surface area contributed by atoms with E-state index in [-0.39, 0.29) is 12.2 Å². The summed E-state index contributed by atoms with van der Waals surface area (Å²) in [6, 6.07) is 10.8. The Morgan fingerprint density at radius 1 is 1.24 bits per heavy atom. The summed E-state index contributed by atoms with van der Waals surface area (Å²) in [5.74, 6) is 1.58. The van der Waals surface area contributed by atoms with Gasteiger partial charge < -0.3 is 4.90 Å². The maximum atomic E-state index is 12.8. The molecule has 21 heavy (non-hydrogen) atoms. The van der Waals surface area contributed by atoms with Gasteiger partial charge in [-0.2, -0.15) is 0 Å². The third-order valence-corrected chi connectivity index (χ3v) is 4.75. The van der Waals surface area contributed by atoms with Crippen LogP contribution in [-0.2, 0) is 4.79 Å². The molecular formula is C18H26N2O. The second-order valence-electron chi connectivity index (χ2n) is 7.14. The van der Waals surface area contributed by atoms with Gasteiger partial charge in [-0.15, -0.1) is 0 Å². The molecule has 0 radical (unpaired) electrons. The standard InChI is InChI=1S/C18H26N2O/c1-12(2)9-16-18(21)20(15-10-13(3)11-15)17(19-16)14-7-5-4-6-8-14/h4-8,12-13,15-17,19H,9-11H2,1-3H3. The molecule has 1 aromatic rings. The first-order valence-corrected chi connectivity index (χ1v) is 8.19. The topological polar surface area (TPSA) is 32.3 Å². The second-order valence-corrected chi connectivity index (χ2v) is 7.14. The van der Waals surface area contributed by atoms with Gasteiger partial charge in [-0.05, 0) is 36.7 Å². The molecule has 114 valence electrons. The van der Waals surface area contributed by atoms with Crippen LogP contribution in [0.1, 0.15) is 51.8 Å². The molecule has 3 nitrogen and oxygen atoms in total. The van der Waals surface area contributed by atoms with Crippen LogP contribution < -0.4 is 5.32 Å². The maximum Gasteiger partial charge on any atom is 0.241 e. The first kappa shape index (κ1) is 14.6. The highest BCUT2D eigenvalue weighted by Gasteiger charge is 2.46. The van der Waals surface area contributed by atoms with Crippen LogP contribution in [0, 0.1) is 11.8 Å². The zero-order valence-corrected chi connectivity index (χ0v) is 13.3. The lowest BCUT2D eigenvalue weighted by molar-refractivity contribution is -0.135. The van der Waals surface area contributed by atoms with Crippen molar-refractivity contribution in [2.24, 2.45) is 11.8 Å². The van der Waals surface area contributed by atoms with Crippen molar-refractivity contribution < 1.29 is 4.79 Å². The zero-order chi connectivity index (χ0) is 15.0. The lowest BCUT2D eigenvalue weighted by atomic mass is 9.80. The Balaban J connectivity index is 1.83. The fourth-order valence-corrected chi connectivity index (χ4v) is 3.66. The molecule has 1 amide bonds. The van der Waals surface area contributed by atoms with Crippen LogP contribution >= 0.6 is 0 Å². The van der Waals surface area contributed by atoms with Crippen molar-refractivity contribution in [3.63, 3.8) is 0 Å². The number of nitrogens with one attached hydrogen (secondary N) is 1. The Kier molecular flexibility index (Phi) is 4.03. The van der Waals surface area contributed by atoms with E-state index in [2.05, 4.69) is 55.3 Å². The van der Waals surface area contributed by atoms with Crippen LogP contribution in [0.25, 0.3) is 0 Å². The fraction of sp³-hybridized carbons (Fsp3) is 0.611. The third-order valence-electron chi connectivity index (χ3n) is 4.75. The molecule has 2 fully saturated rings. The summed E-state index contributed by atoms with van der Waals surface area (Å²) >= 11 is 0. The Bertz CT molecular complexity index is 493. The van der Waals surface area contributed by atoms with E-state index in [4.69, 9.17) is 0 Å². The smallest absolute Gasteiger partial charge is 0.241 e. The van der Waals surface area contributed by atoms with E-state index in [0.29, 0.717) is 17.9 Å². The normalized spacial score (nSPS) is 32.6. The van der Waals surface area contributed by atoms with E-state index in [1.54, 1.807) is 0 Å². The van der Waals surface area contributed by atoms with Crippen molar-refractivity contribution in [1.29, 1.82) is 0 Å². The van der Waals surface area contributed by atoms with E-state index in [1.807, 2.05) is 6.07 Å². The van der Waals surface area contributed by atoms with Gasteiger partial charge in [0.25, 0.3) is 0 Å². The van der Waals surface area contributed by atoms with E-state index in [9.17, 15) is 4.79 Å². The molecule has 1 saturated heterocycles. The van der Waals surface area contributed by atoms with Crippen LogP contribution in [0.5, 0.6) is 0 Å². The summed E-state index contributed by atoms with van der Waals surface area (Å²) in [5.41, 5.74) is 1.21. The molecule has 3 rings (SSSR count).